The molecule has 0 bridgehead atoms. The maximum Gasteiger partial charge on any atom is 0.251 e. The lowest BCUT2D eigenvalue weighted by atomic mass is 10.1. The highest BCUT2D eigenvalue weighted by Gasteiger charge is 2.36. The summed E-state index contributed by atoms with van der Waals surface area (Å²) in [7, 11) is 1.52. The Morgan fingerprint density at radius 2 is 1.94 bits per heavy atom. The zero-order valence-electron chi connectivity index (χ0n) is 20.8. The Balaban J connectivity index is 1.74. The number of anilines is 1. The highest BCUT2D eigenvalue weighted by atomic mass is 32.1. The first-order valence-corrected chi connectivity index (χ1v) is 12.2. The Kier molecular flexibility index (Phi) is 7.20. The Labute approximate surface area is 212 Å². The number of para-hydroxylation sites is 2. The van der Waals surface area contributed by atoms with E-state index in [0.29, 0.717) is 27.8 Å². The number of furan rings is 1. The Morgan fingerprint density at radius 3 is 2.58 bits per heavy atom. The topological polar surface area (TPSA) is 115 Å². The third-order valence-electron chi connectivity index (χ3n) is 5.12. The van der Waals surface area contributed by atoms with Gasteiger partial charge in [0, 0.05) is 10.4 Å². The number of aryl methyl sites for hydroxylation is 1. The molecule has 4 aromatic rings. The molecule has 2 amide bonds. The molecule has 188 valence electrons. The number of rotatable bonds is 8. The molecule has 1 N–H and O–H groups in total. The van der Waals surface area contributed by atoms with Crippen molar-refractivity contribution in [3.05, 3.63) is 64.5 Å². The molecular weight excluding hydrogens is 480 g/mol. The zero-order valence-corrected chi connectivity index (χ0v) is 21.6. The average molecular weight is 509 g/mol. The van der Waals surface area contributed by atoms with Crippen LogP contribution in [-0.4, -0.2) is 44.7 Å². The molecule has 3 aromatic heterocycles. The van der Waals surface area contributed by atoms with E-state index in [4.69, 9.17) is 9.15 Å². The number of benzene rings is 1. The second-order valence-corrected chi connectivity index (χ2v) is 10.1. The maximum absolute atomic E-state index is 13.9. The van der Waals surface area contributed by atoms with E-state index >= 15 is 0 Å². The number of ether oxygens (including phenoxy) is 1. The summed E-state index contributed by atoms with van der Waals surface area (Å²) in [5, 5.41) is 17.2. The lowest BCUT2D eigenvalue weighted by Crippen LogP contribution is -2.50. The average Bonchev–Trinajstić information content (AvgIpc) is 3.58. The van der Waals surface area contributed by atoms with Crippen molar-refractivity contribution >= 4 is 28.8 Å². The van der Waals surface area contributed by atoms with Crippen LogP contribution in [-0.2, 0) is 16.1 Å². The van der Waals surface area contributed by atoms with Gasteiger partial charge in [0.25, 0.3) is 5.91 Å². The first-order chi connectivity index (χ1) is 17.2. The molecule has 0 spiro atoms. The van der Waals surface area contributed by atoms with Crippen LogP contribution in [0.15, 0.2) is 58.3 Å². The Morgan fingerprint density at radius 1 is 1.17 bits per heavy atom. The van der Waals surface area contributed by atoms with Crippen molar-refractivity contribution in [1.29, 1.82) is 0 Å². The summed E-state index contributed by atoms with van der Waals surface area (Å²) in [6.45, 7) is 7.24. The predicted octanol–water partition coefficient (Wildman–Crippen LogP) is 4.00. The largest absolute Gasteiger partial charge is 0.495 e. The molecule has 0 saturated heterocycles. The van der Waals surface area contributed by atoms with E-state index in [1.54, 1.807) is 36.4 Å². The van der Waals surface area contributed by atoms with Crippen molar-refractivity contribution in [1.82, 2.24) is 25.5 Å². The Hall–Kier alpha value is -3.99. The molecule has 1 unspecified atom stereocenters. The molecular formula is C25H28N6O4S. The van der Waals surface area contributed by atoms with Gasteiger partial charge in [-0.15, -0.1) is 21.5 Å². The summed E-state index contributed by atoms with van der Waals surface area (Å²) in [6.07, 6.45) is 0. The highest BCUT2D eigenvalue weighted by molar-refractivity contribution is 7.10. The number of hydrogen-bond acceptors (Lipinski definition) is 8. The normalized spacial score (nSPS) is 12.2. The molecule has 1 atom stereocenters. The maximum atomic E-state index is 13.9. The van der Waals surface area contributed by atoms with Gasteiger partial charge in [0.1, 0.15) is 24.1 Å². The molecule has 10 nitrogen and oxygen atoms in total. The molecule has 0 saturated carbocycles. The Bertz CT molecular complexity index is 1340. The van der Waals surface area contributed by atoms with Gasteiger partial charge >= 0.3 is 0 Å². The molecule has 0 aliphatic carbocycles. The van der Waals surface area contributed by atoms with Crippen LogP contribution >= 0.6 is 11.3 Å². The number of thiophene rings is 1. The fourth-order valence-corrected chi connectivity index (χ4v) is 4.48. The summed E-state index contributed by atoms with van der Waals surface area (Å²) in [4.78, 5) is 30.8. The molecule has 3 heterocycles. The van der Waals surface area contributed by atoms with Gasteiger partial charge in [-0.25, -0.2) is 0 Å². The zero-order chi connectivity index (χ0) is 25.9. The van der Waals surface area contributed by atoms with Crippen molar-refractivity contribution in [3.63, 3.8) is 0 Å². The summed E-state index contributed by atoms with van der Waals surface area (Å²) in [5.74, 6) is 1.15. The van der Waals surface area contributed by atoms with Crippen molar-refractivity contribution in [2.24, 2.45) is 0 Å². The van der Waals surface area contributed by atoms with Gasteiger partial charge in [0.15, 0.2) is 5.76 Å². The van der Waals surface area contributed by atoms with Crippen LogP contribution in [0.4, 0.5) is 5.69 Å². The van der Waals surface area contributed by atoms with Crippen LogP contribution in [0.1, 0.15) is 37.5 Å². The molecule has 0 radical (unpaired) electrons. The lowest BCUT2D eigenvalue weighted by Gasteiger charge is -2.33. The van der Waals surface area contributed by atoms with E-state index in [1.165, 1.54) is 28.1 Å². The number of amides is 2. The number of nitrogens with one attached hydrogen (secondary N) is 1. The fourth-order valence-electron chi connectivity index (χ4n) is 3.67. The van der Waals surface area contributed by atoms with E-state index in [1.807, 2.05) is 45.2 Å². The minimum atomic E-state index is -0.941. The quantitative estimate of drug-likeness (QED) is 0.382. The smallest absolute Gasteiger partial charge is 0.251 e. The molecule has 4 rings (SSSR count). The van der Waals surface area contributed by atoms with Gasteiger partial charge in [-0.2, -0.15) is 4.80 Å². The van der Waals surface area contributed by atoms with Gasteiger partial charge < -0.3 is 14.5 Å². The molecule has 1 aromatic carbocycles. The first-order valence-electron chi connectivity index (χ1n) is 11.3. The summed E-state index contributed by atoms with van der Waals surface area (Å²) < 4.78 is 11.1. The van der Waals surface area contributed by atoms with E-state index in [-0.39, 0.29) is 18.3 Å². The second kappa shape index (κ2) is 10.3. The van der Waals surface area contributed by atoms with E-state index in [2.05, 4.69) is 20.7 Å². The van der Waals surface area contributed by atoms with Gasteiger partial charge in [-0.3, -0.25) is 14.5 Å². The van der Waals surface area contributed by atoms with Crippen LogP contribution in [0.25, 0.3) is 11.6 Å². The minimum Gasteiger partial charge on any atom is -0.495 e. The first kappa shape index (κ1) is 25.1. The molecule has 0 aliphatic heterocycles. The number of carbonyl (C=O) groups is 2. The number of tetrazole rings is 1. The highest BCUT2D eigenvalue weighted by Crippen LogP contribution is 2.36. The van der Waals surface area contributed by atoms with Gasteiger partial charge in [0.2, 0.25) is 11.7 Å². The summed E-state index contributed by atoms with van der Waals surface area (Å²) in [6, 6.07) is 13.3. The van der Waals surface area contributed by atoms with Crippen LogP contribution in [0.3, 0.4) is 0 Å². The van der Waals surface area contributed by atoms with Crippen molar-refractivity contribution in [2.45, 2.75) is 45.8 Å². The molecule has 36 heavy (non-hydrogen) atoms. The monoisotopic (exact) mass is 508 g/mol. The van der Waals surface area contributed by atoms with Crippen molar-refractivity contribution in [3.8, 4) is 17.3 Å². The number of hydrogen-bond donors (Lipinski definition) is 1. The third-order valence-corrected chi connectivity index (χ3v) is 6.05. The standard InChI is InChI=1S/C25H28N6O4S/c1-16-12-13-19(35-16)23-27-29-30(28-23)15-21(32)31(17-9-6-7-10-18(17)34-5)22(20-11-8-14-36-20)24(33)26-25(2,3)4/h6-14,22H,15H2,1-5H3,(H,26,33). The van der Waals surface area contributed by atoms with E-state index in [9.17, 15) is 9.59 Å². The van der Waals surface area contributed by atoms with Gasteiger partial charge in [-0.1, -0.05) is 18.2 Å². The predicted molar refractivity (Wildman–Crippen MR) is 136 cm³/mol. The van der Waals surface area contributed by atoms with Crippen LogP contribution in [0, 0.1) is 6.92 Å². The number of carbonyl (C=O) groups excluding carboxylic acids is 2. The molecule has 0 fully saturated rings. The number of nitrogens with zero attached hydrogens (tertiary/aromatic N) is 5. The fraction of sp³-hybridized carbons (Fsp3) is 0.320. The minimum absolute atomic E-state index is 0.255. The molecule has 11 heteroatoms. The second-order valence-electron chi connectivity index (χ2n) is 9.15. The number of methoxy groups -OCH3 is 1. The van der Waals surface area contributed by atoms with E-state index < -0.39 is 17.5 Å². The van der Waals surface area contributed by atoms with Crippen molar-refractivity contribution < 1.29 is 18.7 Å². The SMILES string of the molecule is COc1ccccc1N(C(=O)Cn1nnc(-c2ccc(C)o2)n1)C(C(=O)NC(C)(C)C)c1cccs1. The van der Waals surface area contributed by atoms with E-state index in [0.717, 1.165) is 0 Å². The van der Waals surface area contributed by atoms with Gasteiger partial charge in [-0.05, 0) is 68.6 Å². The lowest BCUT2D eigenvalue weighted by molar-refractivity contribution is -0.128. The number of aromatic nitrogens is 4. The third kappa shape index (κ3) is 5.62. The summed E-state index contributed by atoms with van der Waals surface area (Å²) in [5.41, 5.74) is -0.0551. The molecule has 0 aliphatic rings. The van der Waals surface area contributed by atoms with Crippen LogP contribution < -0.4 is 15.0 Å². The summed E-state index contributed by atoms with van der Waals surface area (Å²) >= 11 is 1.39. The van der Waals surface area contributed by atoms with Crippen molar-refractivity contribution in [2.75, 3.05) is 12.0 Å². The van der Waals surface area contributed by atoms with Gasteiger partial charge in [0.05, 0.1) is 12.8 Å². The van der Waals surface area contributed by atoms with Crippen LogP contribution in [0.5, 0.6) is 5.75 Å². The van der Waals surface area contributed by atoms with Crippen LogP contribution in [0.2, 0.25) is 0 Å².